The number of pyridine rings is 1. The van der Waals surface area contributed by atoms with Crippen LogP contribution < -0.4 is 0 Å². The van der Waals surface area contributed by atoms with Crippen LogP contribution in [0.5, 0.6) is 0 Å². The van der Waals surface area contributed by atoms with Crippen LogP contribution in [0.3, 0.4) is 0 Å². The maximum atomic E-state index is 12.1. The van der Waals surface area contributed by atoms with Crippen LogP contribution in [0.2, 0.25) is 0 Å². The molecule has 0 N–H and O–H groups in total. The van der Waals surface area contributed by atoms with Gasteiger partial charge in [0, 0.05) is 12.1 Å². The minimum absolute atomic E-state index is 0.268. The molecule has 1 saturated carbocycles. The van der Waals surface area contributed by atoms with E-state index in [9.17, 15) is 4.79 Å². The van der Waals surface area contributed by atoms with E-state index < -0.39 is 0 Å². The smallest absolute Gasteiger partial charge is 0.357 e. The Morgan fingerprint density at radius 1 is 1.56 bits per heavy atom. The Balaban J connectivity index is 2.18. The minimum atomic E-state index is -0.268. The average molecular weight is 244 g/mol. The van der Waals surface area contributed by atoms with E-state index in [1.165, 1.54) is 0 Å². The van der Waals surface area contributed by atoms with Gasteiger partial charge < -0.3 is 4.74 Å². The summed E-state index contributed by atoms with van der Waals surface area (Å²) in [4.78, 5) is 16.7. The van der Waals surface area contributed by atoms with E-state index in [0.29, 0.717) is 18.2 Å². The lowest BCUT2D eigenvalue weighted by Crippen LogP contribution is -2.10. The number of fused-ring (bicyclic) bond motifs is 1. The van der Waals surface area contributed by atoms with Crippen molar-refractivity contribution in [2.75, 3.05) is 6.61 Å². The summed E-state index contributed by atoms with van der Waals surface area (Å²) >= 11 is 0. The van der Waals surface area contributed by atoms with Crippen molar-refractivity contribution < 1.29 is 9.53 Å². The summed E-state index contributed by atoms with van der Waals surface area (Å²) in [6.45, 7) is 4.24. The fourth-order valence-corrected chi connectivity index (χ4v) is 2.21. The number of hydrogen-bond acceptors (Lipinski definition) is 3. The number of aryl methyl sites for hydroxylation is 1. The highest BCUT2D eigenvalue weighted by Crippen LogP contribution is 2.41. The third kappa shape index (κ3) is 1.78. The van der Waals surface area contributed by atoms with Crippen LogP contribution in [0.1, 0.15) is 47.4 Å². The number of hydrogen-bond donors (Lipinski definition) is 0. The first-order valence-electron chi connectivity index (χ1n) is 6.36. The number of esters is 1. The standard InChI is InChI=1S/C14H16N2O2/c1-3-18-14(17)13-12(10-4-5-10)15-11-8-9(2)6-7-16(11)13/h6-8,10H,3-5H2,1-2H3. The highest BCUT2D eigenvalue weighted by Gasteiger charge is 2.33. The topological polar surface area (TPSA) is 43.6 Å². The van der Waals surface area contributed by atoms with Crippen molar-refractivity contribution in [3.63, 3.8) is 0 Å². The monoisotopic (exact) mass is 244 g/mol. The Hall–Kier alpha value is -1.84. The van der Waals surface area contributed by atoms with Crippen molar-refractivity contribution in [3.05, 3.63) is 35.3 Å². The summed E-state index contributed by atoms with van der Waals surface area (Å²) in [5.41, 5.74) is 3.48. The van der Waals surface area contributed by atoms with Crippen molar-refractivity contribution in [2.45, 2.75) is 32.6 Å². The van der Waals surface area contributed by atoms with Crippen LogP contribution in [-0.4, -0.2) is 22.0 Å². The van der Waals surface area contributed by atoms with Crippen molar-refractivity contribution in [1.29, 1.82) is 0 Å². The minimum Gasteiger partial charge on any atom is -0.461 e. The molecule has 0 atom stereocenters. The molecule has 0 spiro atoms. The maximum absolute atomic E-state index is 12.1. The summed E-state index contributed by atoms with van der Waals surface area (Å²) in [5.74, 6) is 0.167. The van der Waals surface area contributed by atoms with Gasteiger partial charge in [-0.25, -0.2) is 9.78 Å². The van der Waals surface area contributed by atoms with Gasteiger partial charge in [0.25, 0.3) is 0 Å². The van der Waals surface area contributed by atoms with Gasteiger partial charge in [-0.15, -0.1) is 0 Å². The molecule has 0 aromatic carbocycles. The van der Waals surface area contributed by atoms with E-state index in [0.717, 1.165) is 29.7 Å². The molecule has 2 aromatic rings. The largest absolute Gasteiger partial charge is 0.461 e. The second kappa shape index (κ2) is 4.12. The van der Waals surface area contributed by atoms with Gasteiger partial charge >= 0.3 is 5.97 Å². The van der Waals surface area contributed by atoms with Gasteiger partial charge in [-0.05, 0) is 44.4 Å². The molecule has 2 heterocycles. The molecule has 2 aromatic heterocycles. The van der Waals surface area contributed by atoms with E-state index in [1.54, 1.807) is 0 Å². The van der Waals surface area contributed by atoms with Crippen molar-refractivity contribution in [1.82, 2.24) is 9.38 Å². The van der Waals surface area contributed by atoms with Gasteiger partial charge in [-0.2, -0.15) is 0 Å². The molecule has 0 bridgehead atoms. The molecular weight excluding hydrogens is 228 g/mol. The number of nitrogens with zero attached hydrogens (tertiary/aromatic N) is 2. The third-order valence-corrected chi connectivity index (χ3v) is 3.24. The number of aromatic nitrogens is 2. The number of ether oxygens (including phenoxy) is 1. The SMILES string of the molecule is CCOC(=O)c1c(C2CC2)nc2cc(C)ccn12. The van der Waals surface area contributed by atoms with E-state index in [2.05, 4.69) is 4.98 Å². The number of rotatable bonds is 3. The lowest BCUT2D eigenvalue weighted by Gasteiger charge is -2.04. The maximum Gasteiger partial charge on any atom is 0.357 e. The normalized spacial score (nSPS) is 15.0. The zero-order valence-electron chi connectivity index (χ0n) is 10.6. The van der Waals surface area contributed by atoms with Crippen LogP contribution in [0.15, 0.2) is 18.3 Å². The molecule has 1 fully saturated rings. The van der Waals surface area contributed by atoms with Gasteiger partial charge in [0.1, 0.15) is 5.65 Å². The molecular formula is C14H16N2O2. The van der Waals surface area contributed by atoms with Gasteiger partial charge in [-0.3, -0.25) is 4.40 Å². The van der Waals surface area contributed by atoms with Gasteiger partial charge in [0.15, 0.2) is 5.69 Å². The zero-order chi connectivity index (χ0) is 12.7. The van der Waals surface area contributed by atoms with Gasteiger partial charge in [0.2, 0.25) is 0 Å². The molecule has 0 radical (unpaired) electrons. The Morgan fingerprint density at radius 2 is 2.33 bits per heavy atom. The molecule has 0 saturated heterocycles. The third-order valence-electron chi connectivity index (χ3n) is 3.24. The van der Waals surface area contributed by atoms with Gasteiger partial charge in [0.05, 0.1) is 12.3 Å². The summed E-state index contributed by atoms with van der Waals surface area (Å²) in [7, 11) is 0. The second-order valence-corrected chi connectivity index (χ2v) is 4.77. The summed E-state index contributed by atoms with van der Waals surface area (Å²) in [5, 5.41) is 0. The molecule has 4 heteroatoms. The van der Waals surface area contributed by atoms with Gasteiger partial charge in [-0.1, -0.05) is 0 Å². The lowest BCUT2D eigenvalue weighted by molar-refractivity contribution is 0.0517. The Labute approximate surface area is 106 Å². The highest BCUT2D eigenvalue weighted by molar-refractivity contribution is 5.90. The number of imidazole rings is 1. The van der Waals surface area contributed by atoms with E-state index >= 15 is 0 Å². The van der Waals surface area contributed by atoms with Crippen LogP contribution in [0.25, 0.3) is 5.65 Å². The molecule has 18 heavy (non-hydrogen) atoms. The molecule has 94 valence electrons. The number of carbonyl (C=O) groups excluding carboxylic acids is 1. The van der Waals surface area contributed by atoms with Crippen LogP contribution in [0, 0.1) is 6.92 Å². The van der Waals surface area contributed by atoms with Crippen LogP contribution in [-0.2, 0) is 4.74 Å². The first kappa shape index (κ1) is 11.3. The van der Waals surface area contributed by atoms with Crippen LogP contribution >= 0.6 is 0 Å². The molecule has 0 aliphatic heterocycles. The molecule has 1 aliphatic carbocycles. The Morgan fingerprint density at radius 3 is 3.00 bits per heavy atom. The zero-order valence-corrected chi connectivity index (χ0v) is 10.6. The average Bonchev–Trinajstić information content (AvgIpc) is 3.10. The fraction of sp³-hybridized carbons (Fsp3) is 0.429. The van der Waals surface area contributed by atoms with E-state index in [4.69, 9.17) is 4.74 Å². The molecule has 3 rings (SSSR count). The summed E-state index contributed by atoms with van der Waals surface area (Å²) in [6, 6.07) is 3.97. The van der Waals surface area contributed by atoms with Crippen LogP contribution in [0.4, 0.5) is 0 Å². The summed E-state index contributed by atoms with van der Waals surface area (Å²) < 4.78 is 6.99. The summed E-state index contributed by atoms with van der Waals surface area (Å²) in [6.07, 6.45) is 4.14. The predicted octanol–water partition coefficient (Wildman–Crippen LogP) is 2.70. The number of carbonyl (C=O) groups is 1. The highest BCUT2D eigenvalue weighted by atomic mass is 16.5. The predicted molar refractivity (Wildman–Crippen MR) is 67.9 cm³/mol. The first-order chi connectivity index (χ1) is 8.70. The fourth-order valence-electron chi connectivity index (χ4n) is 2.21. The molecule has 0 unspecified atom stereocenters. The van der Waals surface area contributed by atoms with E-state index in [1.807, 2.05) is 36.6 Å². The Bertz CT molecular complexity index is 612. The van der Waals surface area contributed by atoms with Crippen molar-refractivity contribution in [3.8, 4) is 0 Å². The quantitative estimate of drug-likeness (QED) is 0.780. The first-order valence-corrected chi connectivity index (χ1v) is 6.36. The molecule has 4 nitrogen and oxygen atoms in total. The van der Waals surface area contributed by atoms with Crippen molar-refractivity contribution >= 4 is 11.6 Å². The lowest BCUT2D eigenvalue weighted by atomic mass is 10.2. The molecule has 0 amide bonds. The Kier molecular flexibility index (Phi) is 2.58. The second-order valence-electron chi connectivity index (χ2n) is 4.77. The van der Waals surface area contributed by atoms with E-state index in [-0.39, 0.29) is 5.97 Å². The van der Waals surface area contributed by atoms with Crippen molar-refractivity contribution in [2.24, 2.45) is 0 Å². The molecule has 1 aliphatic rings.